The highest BCUT2D eigenvalue weighted by molar-refractivity contribution is 6.25. The Balaban J connectivity index is 1.44. The SMILES string of the molecule is c1ccc(-c2c(-c3ccccc3)c(-c3ccccc3)c3c(c2-c2ccccc2)-c2ccccc2-c2ccccc2-c2c(-c4ccccc4)c(-c4ccccc4)c(-c4ccccc4)c(-c4ccccc4)c2-3)cc1. The van der Waals surface area contributed by atoms with Crippen molar-refractivity contribution in [3.05, 3.63) is 291 Å². The summed E-state index contributed by atoms with van der Waals surface area (Å²) in [6.07, 6.45) is 0. The van der Waals surface area contributed by atoms with Crippen LogP contribution in [0.5, 0.6) is 0 Å². The smallest absolute Gasteiger partial charge is 0.0000710 e. The normalized spacial score (nSPS) is 11.3. The summed E-state index contributed by atoms with van der Waals surface area (Å²) in [5.74, 6) is 0. The Labute approximate surface area is 422 Å². The van der Waals surface area contributed by atoms with E-state index >= 15 is 0 Å². The van der Waals surface area contributed by atoms with Gasteiger partial charge in [0.25, 0.3) is 0 Å². The van der Waals surface area contributed by atoms with Crippen LogP contribution in [0.2, 0.25) is 0 Å². The van der Waals surface area contributed by atoms with Crippen LogP contribution in [0.15, 0.2) is 291 Å². The lowest BCUT2D eigenvalue weighted by Gasteiger charge is -2.35. The predicted molar refractivity (Wildman–Crippen MR) is 305 cm³/mol. The summed E-state index contributed by atoms with van der Waals surface area (Å²) in [7, 11) is 0. The highest BCUT2D eigenvalue weighted by atomic mass is 14.4. The molecule has 0 radical (unpaired) electrons. The molecule has 1 aliphatic rings. The van der Waals surface area contributed by atoms with E-state index in [1.54, 1.807) is 0 Å². The van der Waals surface area contributed by atoms with Crippen LogP contribution in [0.3, 0.4) is 0 Å². The molecule has 0 N–H and O–H groups in total. The molecule has 0 fully saturated rings. The highest BCUT2D eigenvalue weighted by Crippen LogP contribution is 2.64. The van der Waals surface area contributed by atoms with E-state index in [-0.39, 0.29) is 0 Å². The molecule has 336 valence electrons. The third-order valence-corrected chi connectivity index (χ3v) is 14.4. The maximum atomic E-state index is 2.38. The van der Waals surface area contributed by atoms with E-state index < -0.39 is 0 Å². The number of hydrogen-bond acceptors (Lipinski definition) is 0. The summed E-state index contributed by atoms with van der Waals surface area (Å²) >= 11 is 0. The van der Waals surface area contributed by atoms with Crippen LogP contribution in [-0.4, -0.2) is 0 Å². The summed E-state index contributed by atoms with van der Waals surface area (Å²) < 4.78 is 0. The Bertz CT molecular complexity index is 3620. The first-order valence-corrected chi connectivity index (χ1v) is 24.9. The van der Waals surface area contributed by atoms with Crippen LogP contribution in [0.1, 0.15) is 0 Å². The molecule has 12 aromatic carbocycles. The zero-order valence-electron chi connectivity index (χ0n) is 39.7. The first-order chi connectivity index (χ1) is 35.8. The lowest BCUT2D eigenvalue weighted by Crippen LogP contribution is -2.08. The number of hydrogen-bond donors (Lipinski definition) is 0. The average Bonchev–Trinajstić information content (AvgIpc) is 3.47. The minimum absolute atomic E-state index is 1.15. The maximum absolute atomic E-state index is 2.38. The van der Waals surface area contributed by atoms with Gasteiger partial charge in [-0.15, -0.1) is 0 Å². The second-order valence-electron chi connectivity index (χ2n) is 18.5. The largest absolute Gasteiger partial charge is 0.0622 e. The Hall–Kier alpha value is -9.36. The average molecular weight is 913 g/mol. The molecule has 0 saturated heterocycles. The van der Waals surface area contributed by atoms with E-state index in [9.17, 15) is 0 Å². The van der Waals surface area contributed by atoms with Crippen LogP contribution in [0.25, 0.3) is 134 Å². The molecule has 0 aliphatic heterocycles. The van der Waals surface area contributed by atoms with Crippen LogP contribution < -0.4 is 0 Å². The van der Waals surface area contributed by atoms with Gasteiger partial charge in [-0.3, -0.25) is 0 Å². The van der Waals surface area contributed by atoms with E-state index in [1.807, 2.05) is 0 Å². The van der Waals surface area contributed by atoms with E-state index in [4.69, 9.17) is 0 Å². The zero-order valence-corrected chi connectivity index (χ0v) is 39.7. The summed E-state index contributed by atoms with van der Waals surface area (Å²) in [6, 6.07) is 108. The molecule has 0 aromatic heterocycles. The van der Waals surface area contributed by atoms with E-state index in [0.717, 1.165) is 44.5 Å². The van der Waals surface area contributed by atoms with Crippen molar-refractivity contribution in [3.63, 3.8) is 0 Å². The molecular formula is C72H48. The molecular weight excluding hydrogens is 865 g/mol. The van der Waals surface area contributed by atoms with Crippen molar-refractivity contribution < 1.29 is 0 Å². The van der Waals surface area contributed by atoms with Crippen molar-refractivity contribution in [2.24, 2.45) is 0 Å². The maximum Gasteiger partial charge on any atom is -0.0000710 e. The van der Waals surface area contributed by atoms with E-state index in [1.165, 1.54) is 89.0 Å². The molecule has 0 unspecified atom stereocenters. The molecule has 0 nitrogen and oxygen atoms in total. The van der Waals surface area contributed by atoms with Crippen molar-refractivity contribution in [1.82, 2.24) is 0 Å². The van der Waals surface area contributed by atoms with E-state index in [2.05, 4.69) is 291 Å². The second kappa shape index (κ2) is 18.5. The minimum Gasteiger partial charge on any atom is -0.0622 e. The number of rotatable bonds is 8. The van der Waals surface area contributed by atoms with Gasteiger partial charge in [-0.05, 0) is 134 Å². The standard InChI is InChI=1S/C72H48/c1-9-29-49(30-10-1)61-63(51-33-13-3-14-34-51)67(55-41-21-7-22-42-55)71-69(65(61)53-37-17-5-18-38-53)59-47-27-25-45-57(59)58-46-26-28-48-60(58)70-66(54-39-19-6-20-40-54)62(50-31-11-2-12-32-50)64(52-35-15-4-16-36-52)68(72(70)71)56-43-23-8-24-44-56/h1-48H. The van der Waals surface area contributed by atoms with Crippen molar-refractivity contribution in [1.29, 1.82) is 0 Å². The Morgan fingerprint density at radius 3 is 0.431 bits per heavy atom. The fraction of sp³-hybridized carbons (Fsp3) is 0. The molecule has 1 aliphatic carbocycles. The van der Waals surface area contributed by atoms with Crippen molar-refractivity contribution in [3.8, 4) is 134 Å². The van der Waals surface area contributed by atoms with Crippen LogP contribution in [0.4, 0.5) is 0 Å². The highest BCUT2D eigenvalue weighted by Gasteiger charge is 2.37. The minimum atomic E-state index is 1.15. The van der Waals surface area contributed by atoms with Gasteiger partial charge < -0.3 is 0 Å². The fourth-order valence-electron chi connectivity index (χ4n) is 11.6. The Morgan fingerprint density at radius 2 is 0.236 bits per heavy atom. The van der Waals surface area contributed by atoms with Crippen LogP contribution in [0, 0.1) is 0 Å². The van der Waals surface area contributed by atoms with Crippen LogP contribution in [-0.2, 0) is 0 Å². The number of benzene rings is 12. The molecule has 72 heavy (non-hydrogen) atoms. The fourth-order valence-corrected chi connectivity index (χ4v) is 11.6. The Morgan fingerprint density at radius 1 is 0.0972 bits per heavy atom. The third kappa shape index (κ3) is 7.24. The number of fused-ring (bicyclic) bond motifs is 8. The van der Waals surface area contributed by atoms with Gasteiger partial charge in [-0.2, -0.15) is 0 Å². The van der Waals surface area contributed by atoms with Gasteiger partial charge in [0.2, 0.25) is 0 Å². The topological polar surface area (TPSA) is 0 Å². The first-order valence-electron chi connectivity index (χ1n) is 24.9. The molecule has 0 amide bonds. The molecule has 0 heteroatoms. The van der Waals surface area contributed by atoms with Gasteiger partial charge in [0.1, 0.15) is 0 Å². The summed E-state index contributed by atoms with van der Waals surface area (Å²) in [6.45, 7) is 0. The zero-order chi connectivity index (χ0) is 47.8. The van der Waals surface area contributed by atoms with Crippen molar-refractivity contribution in [2.75, 3.05) is 0 Å². The van der Waals surface area contributed by atoms with Gasteiger partial charge in [-0.25, -0.2) is 0 Å². The van der Waals surface area contributed by atoms with Gasteiger partial charge in [0, 0.05) is 0 Å². The molecule has 0 heterocycles. The predicted octanol–water partition coefficient (Wildman–Crippen LogP) is 20.0. The molecule has 12 aromatic rings. The first kappa shape index (κ1) is 42.7. The Kier molecular flexibility index (Phi) is 11.0. The van der Waals surface area contributed by atoms with Gasteiger partial charge in [0.15, 0.2) is 0 Å². The summed E-state index contributed by atoms with van der Waals surface area (Å²) in [4.78, 5) is 0. The van der Waals surface area contributed by atoms with Gasteiger partial charge in [-0.1, -0.05) is 291 Å². The summed E-state index contributed by atoms with van der Waals surface area (Å²) in [5.41, 5.74) is 28.3. The molecule has 0 spiro atoms. The summed E-state index contributed by atoms with van der Waals surface area (Å²) in [5, 5.41) is 0. The molecule has 0 bridgehead atoms. The van der Waals surface area contributed by atoms with Crippen molar-refractivity contribution >= 4 is 0 Å². The molecule has 13 rings (SSSR count). The van der Waals surface area contributed by atoms with Crippen LogP contribution >= 0.6 is 0 Å². The monoisotopic (exact) mass is 912 g/mol. The molecule has 0 atom stereocenters. The second-order valence-corrected chi connectivity index (χ2v) is 18.5. The quantitative estimate of drug-likeness (QED) is 0.142. The lowest BCUT2D eigenvalue weighted by atomic mass is 9.67. The third-order valence-electron chi connectivity index (χ3n) is 14.4. The van der Waals surface area contributed by atoms with Crippen molar-refractivity contribution in [2.45, 2.75) is 0 Å². The van der Waals surface area contributed by atoms with Gasteiger partial charge >= 0.3 is 0 Å². The lowest BCUT2D eigenvalue weighted by molar-refractivity contribution is 1.48. The molecule has 0 saturated carbocycles. The van der Waals surface area contributed by atoms with Gasteiger partial charge in [0.05, 0.1) is 0 Å². The van der Waals surface area contributed by atoms with E-state index in [0.29, 0.717) is 0 Å².